The van der Waals surface area contributed by atoms with Gasteiger partial charge in [0.2, 0.25) is 11.6 Å². The number of carbonyl (C=O) groups is 1. The van der Waals surface area contributed by atoms with Gasteiger partial charge in [0.25, 0.3) is 0 Å². The van der Waals surface area contributed by atoms with Crippen molar-refractivity contribution in [1.82, 2.24) is 4.98 Å². The lowest BCUT2D eigenvalue weighted by atomic mass is 10.2. The third-order valence-corrected chi connectivity index (χ3v) is 2.48. The lowest BCUT2D eigenvalue weighted by molar-refractivity contribution is -0.385. The van der Waals surface area contributed by atoms with Crippen molar-refractivity contribution < 1.29 is 19.6 Å². The Morgan fingerprint density at radius 1 is 1.33 bits per heavy atom. The van der Waals surface area contributed by atoms with E-state index >= 15 is 0 Å². The Bertz CT molecular complexity index is 767. The highest BCUT2D eigenvalue weighted by atomic mass is 16.6. The van der Waals surface area contributed by atoms with E-state index in [-0.39, 0.29) is 17.2 Å². The third-order valence-electron chi connectivity index (χ3n) is 2.48. The maximum atomic E-state index is 11.0. The van der Waals surface area contributed by atoms with Gasteiger partial charge < -0.3 is 9.84 Å². The minimum absolute atomic E-state index is 0.0234. The summed E-state index contributed by atoms with van der Waals surface area (Å²) in [5.74, 6) is -1.27. The number of ether oxygens (including phenoxy) is 1. The second kappa shape index (κ2) is 5.66. The molecule has 2 aromatic rings. The zero-order valence-corrected chi connectivity index (χ0v) is 10.4. The first-order chi connectivity index (χ1) is 10.0. The van der Waals surface area contributed by atoms with Gasteiger partial charge in [0, 0.05) is 12.1 Å². The van der Waals surface area contributed by atoms with E-state index in [4.69, 9.17) is 15.1 Å². The molecular formula is C13H7N3O5. The Morgan fingerprint density at radius 3 is 2.67 bits per heavy atom. The molecule has 0 aliphatic carbocycles. The summed E-state index contributed by atoms with van der Waals surface area (Å²) in [5.41, 5.74) is -0.946. The number of aromatic carboxylic acids is 1. The average molecular weight is 285 g/mol. The lowest BCUT2D eigenvalue weighted by Gasteiger charge is -2.07. The van der Waals surface area contributed by atoms with Crippen LogP contribution in [0.15, 0.2) is 36.4 Å². The third kappa shape index (κ3) is 2.93. The van der Waals surface area contributed by atoms with E-state index in [1.165, 1.54) is 24.3 Å². The van der Waals surface area contributed by atoms with Gasteiger partial charge in [-0.05, 0) is 12.1 Å². The highest BCUT2D eigenvalue weighted by Crippen LogP contribution is 2.26. The van der Waals surface area contributed by atoms with E-state index in [1.807, 2.05) is 0 Å². The molecule has 1 N–H and O–H groups in total. The molecule has 21 heavy (non-hydrogen) atoms. The molecule has 1 heterocycles. The van der Waals surface area contributed by atoms with Crippen molar-refractivity contribution in [2.75, 3.05) is 0 Å². The maximum absolute atomic E-state index is 11.0. The van der Waals surface area contributed by atoms with Crippen LogP contribution in [0.4, 0.5) is 5.69 Å². The predicted molar refractivity (Wildman–Crippen MR) is 69.1 cm³/mol. The number of nitriles is 1. The van der Waals surface area contributed by atoms with E-state index < -0.39 is 22.3 Å². The quantitative estimate of drug-likeness (QED) is 0.674. The first kappa shape index (κ1) is 14.0. The van der Waals surface area contributed by atoms with Crippen molar-refractivity contribution in [2.45, 2.75) is 0 Å². The molecule has 0 amide bonds. The Labute approximate surface area is 118 Å². The van der Waals surface area contributed by atoms with E-state index in [1.54, 1.807) is 12.1 Å². The SMILES string of the molecule is N#Cc1nc(Oc2ccccc2C(=O)O)ccc1[N+](=O)[O-]. The Hall–Kier alpha value is -3.47. The number of benzene rings is 1. The largest absolute Gasteiger partial charge is 0.478 e. The van der Waals surface area contributed by atoms with Gasteiger partial charge >= 0.3 is 11.7 Å². The number of hydrogen-bond donors (Lipinski definition) is 1. The zero-order chi connectivity index (χ0) is 15.4. The van der Waals surface area contributed by atoms with Crippen molar-refractivity contribution in [2.24, 2.45) is 0 Å². The van der Waals surface area contributed by atoms with Crippen LogP contribution >= 0.6 is 0 Å². The molecule has 0 saturated carbocycles. The fraction of sp³-hybridized carbons (Fsp3) is 0. The monoisotopic (exact) mass is 285 g/mol. The van der Waals surface area contributed by atoms with E-state index in [9.17, 15) is 14.9 Å². The van der Waals surface area contributed by atoms with Crippen LogP contribution in [0.5, 0.6) is 11.6 Å². The van der Waals surface area contributed by atoms with Crippen LogP contribution < -0.4 is 4.74 Å². The maximum Gasteiger partial charge on any atom is 0.339 e. The van der Waals surface area contributed by atoms with Crippen LogP contribution in [0.2, 0.25) is 0 Å². The minimum Gasteiger partial charge on any atom is -0.478 e. The first-order valence-electron chi connectivity index (χ1n) is 5.58. The number of hydrogen-bond acceptors (Lipinski definition) is 6. The van der Waals surface area contributed by atoms with E-state index in [0.717, 1.165) is 6.07 Å². The molecule has 104 valence electrons. The molecule has 0 aliphatic rings. The number of para-hydroxylation sites is 1. The van der Waals surface area contributed by atoms with Crippen LogP contribution in [0.1, 0.15) is 16.1 Å². The van der Waals surface area contributed by atoms with Gasteiger partial charge in [-0.15, -0.1) is 0 Å². The standard InChI is InChI=1S/C13H7N3O5/c14-7-9-10(16(19)20)5-6-12(15-9)21-11-4-2-1-3-8(11)13(17)18/h1-6H,(H,17,18). The Balaban J connectivity index is 2.40. The number of aromatic nitrogens is 1. The molecule has 8 heteroatoms. The van der Waals surface area contributed by atoms with Crippen molar-refractivity contribution in [3.8, 4) is 17.7 Å². The highest BCUT2D eigenvalue weighted by Gasteiger charge is 2.17. The normalized spacial score (nSPS) is 9.67. The summed E-state index contributed by atoms with van der Waals surface area (Å²) in [7, 11) is 0. The molecule has 8 nitrogen and oxygen atoms in total. The van der Waals surface area contributed by atoms with Gasteiger partial charge in [-0.2, -0.15) is 10.2 Å². The number of carboxylic acids is 1. The van der Waals surface area contributed by atoms with Gasteiger partial charge in [-0.25, -0.2) is 4.79 Å². The second-order valence-electron chi connectivity index (χ2n) is 3.79. The van der Waals surface area contributed by atoms with Crippen molar-refractivity contribution >= 4 is 11.7 Å². The van der Waals surface area contributed by atoms with Gasteiger partial charge in [0.05, 0.1) is 4.92 Å². The summed E-state index contributed by atoms with van der Waals surface area (Å²) >= 11 is 0. The van der Waals surface area contributed by atoms with Gasteiger partial charge in [0.15, 0.2) is 0 Å². The Kier molecular flexibility index (Phi) is 3.76. The average Bonchev–Trinajstić information content (AvgIpc) is 2.47. The first-order valence-corrected chi connectivity index (χ1v) is 5.58. The van der Waals surface area contributed by atoms with Crippen LogP contribution in [0.25, 0.3) is 0 Å². The molecule has 0 atom stereocenters. The topological polar surface area (TPSA) is 126 Å². The molecule has 1 aromatic heterocycles. The van der Waals surface area contributed by atoms with Crippen LogP contribution in [0.3, 0.4) is 0 Å². The van der Waals surface area contributed by atoms with Crippen LogP contribution in [0, 0.1) is 21.4 Å². The number of nitro groups is 1. The number of carboxylic acid groups (broad SMARTS) is 1. The fourth-order valence-corrected chi connectivity index (χ4v) is 1.57. The Morgan fingerprint density at radius 2 is 2.05 bits per heavy atom. The number of pyridine rings is 1. The zero-order valence-electron chi connectivity index (χ0n) is 10.4. The lowest BCUT2D eigenvalue weighted by Crippen LogP contribution is -2.01. The molecule has 0 aliphatic heterocycles. The predicted octanol–water partition coefficient (Wildman–Crippen LogP) is 2.35. The molecule has 2 rings (SSSR count). The summed E-state index contributed by atoms with van der Waals surface area (Å²) in [6.45, 7) is 0. The summed E-state index contributed by atoms with van der Waals surface area (Å²) < 4.78 is 5.28. The van der Waals surface area contributed by atoms with Crippen molar-refractivity contribution in [1.29, 1.82) is 5.26 Å². The summed E-state index contributed by atoms with van der Waals surface area (Å²) in [5, 5.41) is 28.5. The summed E-state index contributed by atoms with van der Waals surface area (Å²) in [6.07, 6.45) is 0. The molecular weight excluding hydrogens is 278 g/mol. The highest BCUT2D eigenvalue weighted by molar-refractivity contribution is 5.90. The molecule has 0 spiro atoms. The molecule has 0 unspecified atom stereocenters. The second-order valence-corrected chi connectivity index (χ2v) is 3.79. The van der Waals surface area contributed by atoms with Crippen LogP contribution in [-0.4, -0.2) is 21.0 Å². The van der Waals surface area contributed by atoms with Gasteiger partial charge in [-0.3, -0.25) is 10.1 Å². The van der Waals surface area contributed by atoms with Crippen LogP contribution in [-0.2, 0) is 0 Å². The minimum atomic E-state index is -1.19. The molecule has 0 radical (unpaired) electrons. The molecule has 1 aromatic carbocycles. The van der Waals surface area contributed by atoms with E-state index in [2.05, 4.69) is 4.98 Å². The molecule has 0 bridgehead atoms. The number of rotatable bonds is 4. The smallest absolute Gasteiger partial charge is 0.339 e. The molecule has 0 fully saturated rings. The fourth-order valence-electron chi connectivity index (χ4n) is 1.57. The summed E-state index contributed by atoms with van der Waals surface area (Å²) in [6, 6.07) is 9.71. The van der Waals surface area contributed by atoms with Crippen molar-refractivity contribution in [3.63, 3.8) is 0 Å². The van der Waals surface area contributed by atoms with Gasteiger partial charge in [0.1, 0.15) is 17.4 Å². The summed E-state index contributed by atoms with van der Waals surface area (Å²) in [4.78, 5) is 24.7. The molecule has 0 saturated heterocycles. The van der Waals surface area contributed by atoms with Crippen molar-refractivity contribution in [3.05, 3.63) is 57.8 Å². The van der Waals surface area contributed by atoms with E-state index in [0.29, 0.717) is 0 Å². The number of nitrogens with zero attached hydrogens (tertiary/aromatic N) is 3. The van der Waals surface area contributed by atoms with Gasteiger partial charge in [-0.1, -0.05) is 12.1 Å².